The molecule has 0 spiro atoms. The summed E-state index contributed by atoms with van der Waals surface area (Å²) < 4.78 is 11.1. The third-order valence-corrected chi connectivity index (χ3v) is 6.54. The summed E-state index contributed by atoms with van der Waals surface area (Å²) in [7, 11) is 0. The van der Waals surface area contributed by atoms with Crippen molar-refractivity contribution in [2.75, 3.05) is 26.4 Å². The van der Waals surface area contributed by atoms with Crippen molar-refractivity contribution >= 4 is 0 Å². The van der Waals surface area contributed by atoms with E-state index in [-0.39, 0.29) is 0 Å². The van der Waals surface area contributed by atoms with Gasteiger partial charge in [0.15, 0.2) is 0 Å². The minimum absolute atomic E-state index is 0.756. The molecule has 0 radical (unpaired) electrons. The molecule has 0 N–H and O–H groups in total. The van der Waals surface area contributed by atoms with Crippen molar-refractivity contribution in [3.05, 3.63) is 0 Å². The van der Waals surface area contributed by atoms with Crippen molar-refractivity contribution in [2.24, 2.45) is 23.7 Å². The van der Waals surface area contributed by atoms with E-state index in [1.807, 2.05) is 6.92 Å². The Balaban J connectivity index is 1.48. The SMILES string of the molecule is CCC[C@H]1CC[C@H](CC[C@H]2CC[C@H](COCCOCC)CC2)CC1. The normalized spacial score (nSPS) is 31.2. The fraction of sp³-hybridized carbons (Fsp3) is 1.00. The number of rotatable bonds is 11. The highest BCUT2D eigenvalue weighted by Crippen LogP contribution is 2.37. The van der Waals surface area contributed by atoms with E-state index in [1.54, 1.807) is 0 Å². The van der Waals surface area contributed by atoms with Gasteiger partial charge in [0.2, 0.25) is 0 Å². The molecule has 142 valence electrons. The van der Waals surface area contributed by atoms with Crippen LogP contribution >= 0.6 is 0 Å². The van der Waals surface area contributed by atoms with Crippen LogP contribution in [0.4, 0.5) is 0 Å². The lowest BCUT2D eigenvalue weighted by atomic mass is 9.75. The molecule has 0 saturated heterocycles. The summed E-state index contributed by atoms with van der Waals surface area (Å²) in [4.78, 5) is 0. The Bertz CT molecular complexity index is 288. The van der Waals surface area contributed by atoms with Crippen LogP contribution in [0.25, 0.3) is 0 Å². The highest BCUT2D eigenvalue weighted by atomic mass is 16.5. The monoisotopic (exact) mass is 338 g/mol. The molecule has 24 heavy (non-hydrogen) atoms. The lowest BCUT2D eigenvalue weighted by Crippen LogP contribution is -2.21. The van der Waals surface area contributed by atoms with Crippen LogP contribution in [0.5, 0.6) is 0 Å². The van der Waals surface area contributed by atoms with Crippen molar-refractivity contribution in [1.29, 1.82) is 0 Å². The quantitative estimate of drug-likeness (QED) is 0.416. The van der Waals surface area contributed by atoms with Crippen molar-refractivity contribution in [3.8, 4) is 0 Å². The van der Waals surface area contributed by atoms with E-state index in [0.29, 0.717) is 0 Å². The van der Waals surface area contributed by atoms with Gasteiger partial charge in [-0.15, -0.1) is 0 Å². The van der Waals surface area contributed by atoms with E-state index in [9.17, 15) is 0 Å². The van der Waals surface area contributed by atoms with Crippen LogP contribution in [0.15, 0.2) is 0 Å². The molecule has 2 fully saturated rings. The molecule has 2 saturated carbocycles. The first kappa shape index (κ1) is 20.2. The summed E-state index contributed by atoms with van der Waals surface area (Å²) in [5, 5.41) is 0. The van der Waals surface area contributed by atoms with Gasteiger partial charge in [-0.05, 0) is 43.4 Å². The first-order valence-corrected chi connectivity index (χ1v) is 11.0. The first-order chi connectivity index (χ1) is 11.8. The van der Waals surface area contributed by atoms with E-state index in [1.165, 1.54) is 77.0 Å². The molecule has 2 nitrogen and oxygen atoms in total. The molecule has 2 aliphatic carbocycles. The molecule has 0 unspecified atom stereocenters. The fourth-order valence-electron chi connectivity index (χ4n) is 4.89. The third kappa shape index (κ3) is 7.87. The molecule has 0 heterocycles. The van der Waals surface area contributed by atoms with Gasteiger partial charge < -0.3 is 9.47 Å². The molecule has 2 heteroatoms. The summed E-state index contributed by atoms with van der Waals surface area (Å²) in [6.07, 6.45) is 17.6. The maximum absolute atomic E-state index is 5.77. The largest absolute Gasteiger partial charge is 0.379 e. The van der Waals surface area contributed by atoms with E-state index in [0.717, 1.165) is 50.1 Å². The molecule has 2 aliphatic rings. The Kier molecular flexibility index (Phi) is 10.4. The summed E-state index contributed by atoms with van der Waals surface area (Å²) in [5.41, 5.74) is 0. The smallest absolute Gasteiger partial charge is 0.0700 e. The summed E-state index contributed by atoms with van der Waals surface area (Å²) in [5.74, 6) is 3.94. The Morgan fingerprint density at radius 1 is 0.583 bits per heavy atom. The maximum atomic E-state index is 5.77. The highest BCUT2D eigenvalue weighted by molar-refractivity contribution is 4.76. The number of hydrogen-bond donors (Lipinski definition) is 0. The van der Waals surface area contributed by atoms with Crippen molar-refractivity contribution in [2.45, 2.75) is 90.9 Å². The van der Waals surface area contributed by atoms with Gasteiger partial charge in [-0.1, -0.05) is 71.1 Å². The number of ether oxygens (including phenoxy) is 2. The molecule has 0 aromatic carbocycles. The molecule has 0 aromatic heterocycles. The molecular formula is C22H42O2. The van der Waals surface area contributed by atoms with Gasteiger partial charge in [-0.2, -0.15) is 0 Å². The average molecular weight is 339 g/mol. The topological polar surface area (TPSA) is 18.5 Å². The molecule has 0 aromatic rings. The maximum Gasteiger partial charge on any atom is 0.0700 e. The molecule has 0 bridgehead atoms. The molecule has 0 atom stereocenters. The van der Waals surface area contributed by atoms with Crippen LogP contribution in [0, 0.1) is 23.7 Å². The van der Waals surface area contributed by atoms with Crippen LogP contribution < -0.4 is 0 Å². The minimum Gasteiger partial charge on any atom is -0.379 e. The second-order valence-electron chi connectivity index (χ2n) is 8.41. The van der Waals surface area contributed by atoms with Crippen molar-refractivity contribution in [1.82, 2.24) is 0 Å². The van der Waals surface area contributed by atoms with Crippen LogP contribution in [-0.2, 0) is 9.47 Å². The standard InChI is InChI=1S/C22H42O2/c1-3-5-19-6-8-20(9-7-19)10-11-21-12-14-22(15-13-21)18-24-17-16-23-4-2/h19-22H,3-18H2,1-2H3/t19-,20-,21-,22-. The van der Waals surface area contributed by atoms with Gasteiger partial charge in [-0.25, -0.2) is 0 Å². The van der Waals surface area contributed by atoms with Crippen LogP contribution in [0.1, 0.15) is 90.9 Å². The summed E-state index contributed by atoms with van der Waals surface area (Å²) >= 11 is 0. The van der Waals surface area contributed by atoms with Gasteiger partial charge in [-0.3, -0.25) is 0 Å². The van der Waals surface area contributed by atoms with Gasteiger partial charge in [0.05, 0.1) is 13.2 Å². The molecule has 0 aliphatic heterocycles. The van der Waals surface area contributed by atoms with Gasteiger partial charge >= 0.3 is 0 Å². The van der Waals surface area contributed by atoms with Gasteiger partial charge in [0.1, 0.15) is 0 Å². The van der Waals surface area contributed by atoms with Gasteiger partial charge in [0.25, 0.3) is 0 Å². The molecule has 0 amide bonds. The summed E-state index contributed by atoms with van der Waals surface area (Å²) in [6.45, 7) is 7.67. The predicted molar refractivity (Wildman–Crippen MR) is 102 cm³/mol. The second kappa shape index (κ2) is 12.3. The zero-order valence-corrected chi connectivity index (χ0v) is 16.4. The lowest BCUT2D eigenvalue weighted by molar-refractivity contribution is 0.0278. The zero-order valence-electron chi connectivity index (χ0n) is 16.4. The zero-order chi connectivity index (χ0) is 17.0. The number of hydrogen-bond acceptors (Lipinski definition) is 2. The van der Waals surface area contributed by atoms with Crippen molar-refractivity contribution in [3.63, 3.8) is 0 Å². The third-order valence-electron chi connectivity index (χ3n) is 6.54. The van der Waals surface area contributed by atoms with E-state index in [2.05, 4.69) is 6.92 Å². The highest BCUT2D eigenvalue weighted by Gasteiger charge is 2.24. The lowest BCUT2D eigenvalue weighted by Gasteiger charge is -2.32. The van der Waals surface area contributed by atoms with Crippen molar-refractivity contribution < 1.29 is 9.47 Å². The van der Waals surface area contributed by atoms with Gasteiger partial charge in [0, 0.05) is 13.2 Å². The van der Waals surface area contributed by atoms with Crippen LogP contribution in [0.3, 0.4) is 0 Å². The predicted octanol–water partition coefficient (Wildman–Crippen LogP) is 6.23. The fourth-order valence-corrected chi connectivity index (χ4v) is 4.89. The Morgan fingerprint density at radius 2 is 1.04 bits per heavy atom. The van der Waals surface area contributed by atoms with Crippen LogP contribution in [0.2, 0.25) is 0 Å². The molecular weight excluding hydrogens is 296 g/mol. The Labute approximate surface area is 151 Å². The minimum atomic E-state index is 0.756. The summed E-state index contributed by atoms with van der Waals surface area (Å²) in [6, 6.07) is 0. The van der Waals surface area contributed by atoms with E-state index < -0.39 is 0 Å². The Hall–Kier alpha value is -0.0800. The first-order valence-electron chi connectivity index (χ1n) is 11.0. The Morgan fingerprint density at radius 3 is 1.54 bits per heavy atom. The van der Waals surface area contributed by atoms with E-state index in [4.69, 9.17) is 9.47 Å². The average Bonchev–Trinajstić information content (AvgIpc) is 2.62. The van der Waals surface area contributed by atoms with Crippen LogP contribution in [-0.4, -0.2) is 26.4 Å². The second-order valence-corrected chi connectivity index (χ2v) is 8.41. The molecule has 2 rings (SSSR count). The van der Waals surface area contributed by atoms with E-state index >= 15 is 0 Å².